The molecule has 1 aromatic carbocycles. The van der Waals surface area contributed by atoms with E-state index in [1.807, 2.05) is 19.1 Å². The Balaban J connectivity index is 1.75. The van der Waals surface area contributed by atoms with E-state index in [0.29, 0.717) is 24.2 Å². The van der Waals surface area contributed by atoms with E-state index in [4.69, 9.17) is 4.42 Å². The van der Waals surface area contributed by atoms with Crippen molar-refractivity contribution in [1.29, 1.82) is 0 Å². The van der Waals surface area contributed by atoms with Gasteiger partial charge in [-0.15, -0.1) is 0 Å². The predicted octanol–water partition coefficient (Wildman–Crippen LogP) is 2.66. The van der Waals surface area contributed by atoms with Gasteiger partial charge in [0.2, 0.25) is 5.91 Å². The van der Waals surface area contributed by atoms with Gasteiger partial charge in [-0.25, -0.2) is 0 Å². The lowest BCUT2D eigenvalue weighted by Gasteiger charge is -2.18. The summed E-state index contributed by atoms with van der Waals surface area (Å²) in [6.45, 7) is 1.87. The highest BCUT2D eigenvalue weighted by Crippen LogP contribution is 2.24. The Hall–Kier alpha value is -2.56. The molecule has 5 heteroatoms. The minimum Gasteiger partial charge on any atom is -0.467 e. The van der Waals surface area contributed by atoms with Gasteiger partial charge in [0.1, 0.15) is 5.76 Å². The first-order chi connectivity index (χ1) is 10.1. The first-order valence-electron chi connectivity index (χ1n) is 6.90. The molecule has 1 aliphatic rings. The highest BCUT2D eigenvalue weighted by atomic mass is 16.3. The summed E-state index contributed by atoms with van der Waals surface area (Å²) in [6.07, 6.45) is 2.70. The van der Waals surface area contributed by atoms with Crippen LogP contribution < -0.4 is 10.6 Å². The number of fused-ring (bicyclic) bond motifs is 1. The second kappa shape index (κ2) is 5.44. The summed E-state index contributed by atoms with van der Waals surface area (Å²) in [5.41, 5.74) is 2.37. The van der Waals surface area contributed by atoms with Crippen molar-refractivity contribution in [2.24, 2.45) is 0 Å². The van der Waals surface area contributed by atoms with Crippen molar-refractivity contribution in [2.45, 2.75) is 25.8 Å². The van der Waals surface area contributed by atoms with Crippen molar-refractivity contribution in [2.75, 3.05) is 5.32 Å². The van der Waals surface area contributed by atoms with Crippen LogP contribution >= 0.6 is 0 Å². The van der Waals surface area contributed by atoms with E-state index >= 15 is 0 Å². The lowest BCUT2D eigenvalue weighted by molar-refractivity contribution is -0.116. The zero-order valence-corrected chi connectivity index (χ0v) is 11.7. The molecule has 0 saturated carbocycles. The number of carbonyl (C=O) groups is 2. The summed E-state index contributed by atoms with van der Waals surface area (Å²) >= 11 is 0. The van der Waals surface area contributed by atoms with Gasteiger partial charge >= 0.3 is 0 Å². The number of nitrogens with one attached hydrogen (secondary N) is 2. The number of benzene rings is 1. The average Bonchev–Trinajstić information content (AvgIpc) is 3.01. The molecule has 0 radical (unpaired) electrons. The van der Waals surface area contributed by atoms with E-state index in [9.17, 15) is 9.59 Å². The van der Waals surface area contributed by atoms with Crippen molar-refractivity contribution in [3.8, 4) is 0 Å². The van der Waals surface area contributed by atoms with E-state index in [0.717, 1.165) is 11.3 Å². The van der Waals surface area contributed by atoms with Crippen molar-refractivity contribution in [3.05, 3.63) is 53.5 Å². The molecule has 0 aliphatic carbocycles. The van der Waals surface area contributed by atoms with Crippen LogP contribution in [0.1, 0.15) is 41.1 Å². The largest absolute Gasteiger partial charge is 0.467 e. The minimum absolute atomic E-state index is 0.0196. The van der Waals surface area contributed by atoms with Gasteiger partial charge in [0.25, 0.3) is 5.91 Å². The SMILES string of the molecule is C[C@H](NC(=O)c1ccc2c(c1)CCC(=O)N2)c1ccco1. The normalized spacial score (nSPS) is 15.0. The molecular formula is C16H16N2O3. The first-order valence-corrected chi connectivity index (χ1v) is 6.90. The second-order valence-corrected chi connectivity index (χ2v) is 5.13. The van der Waals surface area contributed by atoms with Gasteiger partial charge in [-0.2, -0.15) is 0 Å². The number of aryl methyl sites for hydroxylation is 1. The minimum atomic E-state index is -0.191. The predicted molar refractivity (Wildman–Crippen MR) is 78.0 cm³/mol. The molecule has 5 nitrogen and oxygen atoms in total. The van der Waals surface area contributed by atoms with E-state index in [-0.39, 0.29) is 17.9 Å². The average molecular weight is 284 g/mol. The fraction of sp³-hybridized carbons (Fsp3) is 0.250. The zero-order chi connectivity index (χ0) is 14.8. The maximum atomic E-state index is 12.3. The quantitative estimate of drug-likeness (QED) is 0.910. The van der Waals surface area contributed by atoms with E-state index in [1.54, 1.807) is 24.5 Å². The van der Waals surface area contributed by atoms with Crippen LogP contribution in [0.3, 0.4) is 0 Å². The van der Waals surface area contributed by atoms with Crippen molar-refractivity contribution in [3.63, 3.8) is 0 Å². The molecule has 3 rings (SSSR count). The number of amides is 2. The van der Waals surface area contributed by atoms with Gasteiger partial charge in [-0.1, -0.05) is 0 Å². The molecule has 1 atom stereocenters. The molecule has 21 heavy (non-hydrogen) atoms. The number of hydrogen-bond donors (Lipinski definition) is 2. The molecule has 1 aromatic heterocycles. The molecule has 1 aliphatic heterocycles. The van der Waals surface area contributed by atoms with Crippen LogP contribution in [-0.4, -0.2) is 11.8 Å². The molecule has 0 fully saturated rings. The summed E-state index contributed by atoms with van der Waals surface area (Å²) in [7, 11) is 0. The van der Waals surface area contributed by atoms with E-state index in [1.165, 1.54) is 0 Å². The fourth-order valence-corrected chi connectivity index (χ4v) is 2.41. The van der Waals surface area contributed by atoms with Crippen LogP contribution in [0, 0.1) is 0 Å². The molecule has 0 saturated heterocycles. The third-order valence-electron chi connectivity index (χ3n) is 3.58. The molecule has 0 unspecified atom stereocenters. The highest BCUT2D eigenvalue weighted by Gasteiger charge is 2.18. The molecule has 2 amide bonds. The summed E-state index contributed by atoms with van der Waals surface area (Å²) < 4.78 is 5.27. The summed E-state index contributed by atoms with van der Waals surface area (Å²) in [5, 5.41) is 5.70. The zero-order valence-electron chi connectivity index (χ0n) is 11.7. The smallest absolute Gasteiger partial charge is 0.251 e. The Morgan fingerprint density at radius 3 is 2.95 bits per heavy atom. The van der Waals surface area contributed by atoms with Gasteiger partial charge in [-0.05, 0) is 49.2 Å². The number of rotatable bonds is 3. The number of hydrogen-bond acceptors (Lipinski definition) is 3. The number of furan rings is 1. The topological polar surface area (TPSA) is 71.3 Å². The first kappa shape index (κ1) is 13.4. The Labute approximate surface area is 122 Å². The van der Waals surface area contributed by atoms with Gasteiger partial charge in [0.05, 0.1) is 12.3 Å². The lowest BCUT2D eigenvalue weighted by Crippen LogP contribution is -2.27. The Bertz CT molecular complexity index is 677. The van der Waals surface area contributed by atoms with Crippen LogP contribution in [0.2, 0.25) is 0 Å². The number of anilines is 1. The van der Waals surface area contributed by atoms with Crippen LogP contribution in [0.15, 0.2) is 41.0 Å². The van der Waals surface area contributed by atoms with Crippen molar-refractivity contribution >= 4 is 17.5 Å². The Morgan fingerprint density at radius 2 is 2.19 bits per heavy atom. The molecule has 108 valence electrons. The third kappa shape index (κ3) is 2.81. The highest BCUT2D eigenvalue weighted by molar-refractivity contribution is 5.98. The van der Waals surface area contributed by atoms with Gasteiger partial charge in [0, 0.05) is 17.7 Å². The summed E-state index contributed by atoms with van der Waals surface area (Å²) in [5.74, 6) is 0.582. The summed E-state index contributed by atoms with van der Waals surface area (Å²) in [6, 6.07) is 8.75. The van der Waals surface area contributed by atoms with Crippen molar-refractivity contribution in [1.82, 2.24) is 5.32 Å². The number of carbonyl (C=O) groups excluding carboxylic acids is 2. The summed E-state index contributed by atoms with van der Waals surface area (Å²) in [4.78, 5) is 23.6. The molecule has 0 spiro atoms. The molecule has 2 aromatic rings. The van der Waals surface area contributed by atoms with Gasteiger partial charge in [-0.3, -0.25) is 9.59 Å². The molecular weight excluding hydrogens is 268 g/mol. The van der Waals surface area contributed by atoms with Crippen LogP contribution in [-0.2, 0) is 11.2 Å². The van der Waals surface area contributed by atoms with Crippen LogP contribution in [0.4, 0.5) is 5.69 Å². The van der Waals surface area contributed by atoms with E-state index < -0.39 is 0 Å². The van der Waals surface area contributed by atoms with Gasteiger partial charge in [0.15, 0.2) is 0 Å². The third-order valence-corrected chi connectivity index (χ3v) is 3.58. The van der Waals surface area contributed by atoms with Crippen LogP contribution in [0.25, 0.3) is 0 Å². The van der Waals surface area contributed by atoms with Gasteiger partial charge < -0.3 is 15.1 Å². The maximum absolute atomic E-state index is 12.3. The molecule has 2 N–H and O–H groups in total. The van der Waals surface area contributed by atoms with Crippen molar-refractivity contribution < 1.29 is 14.0 Å². The monoisotopic (exact) mass is 284 g/mol. The Kier molecular flexibility index (Phi) is 3.48. The lowest BCUT2D eigenvalue weighted by atomic mass is 10.00. The molecule has 0 bridgehead atoms. The molecule has 2 heterocycles. The second-order valence-electron chi connectivity index (χ2n) is 5.13. The maximum Gasteiger partial charge on any atom is 0.251 e. The standard InChI is InChI=1S/C16H16N2O3/c1-10(14-3-2-8-21-14)17-16(20)12-4-6-13-11(9-12)5-7-15(19)18-13/h2-4,6,8-10H,5,7H2,1H3,(H,17,20)(H,18,19)/t10-/m0/s1. The van der Waals surface area contributed by atoms with Crippen LogP contribution in [0.5, 0.6) is 0 Å². The van der Waals surface area contributed by atoms with E-state index in [2.05, 4.69) is 10.6 Å². The Morgan fingerprint density at radius 1 is 1.33 bits per heavy atom. The fourth-order valence-electron chi connectivity index (χ4n) is 2.41.